The Morgan fingerprint density at radius 2 is 1.63 bits per heavy atom. The van der Waals surface area contributed by atoms with Crippen molar-refractivity contribution in [2.75, 3.05) is 20.3 Å². The zero-order valence-corrected chi connectivity index (χ0v) is 11.6. The van der Waals surface area contributed by atoms with Crippen molar-refractivity contribution < 1.29 is 22.6 Å². The van der Waals surface area contributed by atoms with E-state index in [0.717, 1.165) is 6.07 Å². The van der Waals surface area contributed by atoms with Gasteiger partial charge in [0.2, 0.25) is 0 Å². The van der Waals surface area contributed by atoms with Crippen LogP contribution in [0.1, 0.15) is 31.9 Å². The van der Waals surface area contributed by atoms with Gasteiger partial charge in [0.1, 0.15) is 12.4 Å². The van der Waals surface area contributed by atoms with Crippen LogP contribution in [0.25, 0.3) is 0 Å². The number of benzene rings is 1. The van der Waals surface area contributed by atoms with E-state index in [2.05, 4.69) is 0 Å². The highest BCUT2D eigenvalue weighted by Crippen LogP contribution is 2.39. The van der Waals surface area contributed by atoms with Crippen molar-refractivity contribution in [3.8, 4) is 5.75 Å². The molecule has 1 aromatic rings. The minimum absolute atomic E-state index is 0.206. The zero-order chi connectivity index (χ0) is 14.7. The van der Waals surface area contributed by atoms with Gasteiger partial charge in [-0.15, -0.1) is 0 Å². The molecule has 19 heavy (non-hydrogen) atoms. The Morgan fingerprint density at radius 3 is 2.11 bits per heavy atom. The first-order chi connectivity index (χ1) is 8.66. The van der Waals surface area contributed by atoms with Crippen LogP contribution in [0.3, 0.4) is 0 Å². The summed E-state index contributed by atoms with van der Waals surface area (Å²) in [6.45, 7) is 5.82. The van der Waals surface area contributed by atoms with Crippen molar-refractivity contribution in [3.05, 3.63) is 29.3 Å². The van der Waals surface area contributed by atoms with Crippen LogP contribution in [0.15, 0.2) is 18.2 Å². The summed E-state index contributed by atoms with van der Waals surface area (Å²) in [4.78, 5) is 0. The lowest BCUT2D eigenvalue weighted by molar-refractivity contribution is -0.138. The number of hydrogen-bond donors (Lipinski definition) is 0. The zero-order valence-electron chi connectivity index (χ0n) is 11.6. The highest BCUT2D eigenvalue weighted by molar-refractivity contribution is 5.41. The van der Waals surface area contributed by atoms with Crippen molar-refractivity contribution in [1.82, 2.24) is 0 Å². The van der Waals surface area contributed by atoms with Gasteiger partial charge in [0.25, 0.3) is 0 Å². The van der Waals surface area contributed by atoms with E-state index in [1.807, 2.05) is 0 Å². The van der Waals surface area contributed by atoms with E-state index >= 15 is 0 Å². The maximum atomic E-state index is 13.1. The van der Waals surface area contributed by atoms with Crippen LogP contribution in [0.4, 0.5) is 13.2 Å². The fourth-order valence-corrected chi connectivity index (χ4v) is 1.74. The minimum Gasteiger partial charge on any atom is -0.491 e. The largest absolute Gasteiger partial charge is 0.491 e. The SMILES string of the molecule is COCCOc1ccc(C(C)(C)C)c(C(F)(F)F)c1. The number of hydrogen-bond acceptors (Lipinski definition) is 2. The number of alkyl halides is 3. The lowest BCUT2D eigenvalue weighted by Crippen LogP contribution is -2.19. The first kappa shape index (κ1) is 15.8. The second kappa shape index (κ2) is 5.82. The molecule has 1 aromatic carbocycles. The van der Waals surface area contributed by atoms with Crippen LogP contribution in [0.2, 0.25) is 0 Å². The van der Waals surface area contributed by atoms with Crippen LogP contribution in [0.5, 0.6) is 5.75 Å². The van der Waals surface area contributed by atoms with E-state index in [4.69, 9.17) is 9.47 Å². The Bertz CT molecular complexity index is 420. The van der Waals surface area contributed by atoms with Gasteiger partial charge in [-0.2, -0.15) is 13.2 Å². The smallest absolute Gasteiger partial charge is 0.416 e. The van der Waals surface area contributed by atoms with Crippen molar-refractivity contribution in [1.29, 1.82) is 0 Å². The van der Waals surface area contributed by atoms with Gasteiger partial charge in [-0.25, -0.2) is 0 Å². The summed E-state index contributed by atoms with van der Waals surface area (Å²) < 4.78 is 49.2. The molecule has 0 saturated carbocycles. The molecule has 0 amide bonds. The lowest BCUT2D eigenvalue weighted by atomic mass is 9.83. The number of rotatable bonds is 4. The lowest BCUT2D eigenvalue weighted by Gasteiger charge is -2.24. The van der Waals surface area contributed by atoms with Crippen LogP contribution in [-0.2, 0) is 16.3 Å². The standard InChI is InChI=1S/C14H19F3O2/c1-13(2,3)11-6-5-10(19-8-7-18-4)9-12(11)14(15,16)17/h5-6,9H,7-8H2,1-4H3. The molecule has 0 aliphatic rings. The summed E-state index contributed by atoms with van der Waals surface area (Å²) >= 11 is 0. The Morgan fingerprint density at radius 1 is 1.00 bits per heavy atom. The number of methoxy groups -OCH3 is 1. The molecule has 0 unspecified atom stereocenters. The van der Waals surface area contributed by atoms with E-state index in [0.29, 0.717) is 6.61 Å². The molecule has 0 bridgehead atoms. The molecule has 1 rings (SSSR count). The molecule has 0 aromatic heterocycles. The second-order valence-electron chi connectivity index (χ2n) is 5.30. The minimum atomic E-state index is -4.39. The molecule has 5 heteroatoms. The maximum Gasteiger partial charge on any atom is 0.416 e. The van der Waals surface area contributed by atoms with Gasteiger partial charge in [-0.1, -0.05) is 26.8 Å². The van der Waals surface area contributed by atoms with E-state index < -0.39 is 17.2 Å². The third-order valence-corrected chi connectivity index (χ3v) is 2.66. The van der Waals surface area contributed by atoms with Crippen LogP contribution in [0, 0.1) is 0 Å². The molecule has 0 fully saturated rings. The molecule has 0 atom stereocenters. The van der Waals surface area contributed by atoms with Gasteiger partial charge in [-0.3, -0.25) is 0 Å². The summed E-state index contributed by atoms with van der Waals surface area (Å²) in [6.07, 6.45) is -4.39. The molecule has 0 aliphatic heterocycles. The summed E-state index contributed by atoms with van der Waals surface area (Å²) in [7, 11) is 1.51. The van der Waals surface area contributed by atoms with E-state index in [1.54, 1.807) is 26.8 Å². The Labute approximate surface area is 111 Å². The van der Waals surface area contributed by atoms with Gasteiger partial charge >= 0.3 is 6.18 Å². The molecule has 108 valence electrons. The van der Waals surface area contributed by atoms with Crippen LogP contribution >= 0.6 is 0 Å². The predicted molar refractivity (Wildman–Crippen MR) is 67.5 cm³/mol. The molecule has 0 radical (unpaired) electrons. The summed E-state index contributed by atoms with van der Waals surface area (Å²) in [6, 6.07) is 4.09. The molecule has 0 N–H and O–H groups in total. The summed E-state index contributed by atoms with van der Waals surface area (Å²) in [5, 5.41) is 0. The highest BCUT2D eigenvalue weighted by Gasteiger charge is 2.36. The molecular weight excluding hydrogens is 257 g/mol. The van der Waals surface area contributed by atoms with Crippen LogP contribution in [-0.4, -0.2) is 20.3 Å². The molecule has 2 nitrogen and oxygen atoms in total. The molecular formula is C14H19F3O2. The van der Waals surface area contributed by atoms with Crippen molar-refractivity contribution in [3.63, 3.8) is 0 Å². The van der Waals surface area contributed by atoms with Crippen molar-refractivity contribution >= 4 is 0 Å². The van der Waals surface area contributed by atoms with E-state index in [9.17, 15) is 13.2 Å². The van der Waals surface area contributed by atoms with E-state index in [1.165, 1.54) is 13.2 Å². The second-order valence-corrected chi connectivity index (χ2v) is 5.30. The van der Waals surface area contributed by atoms with Gasteiger partial charge in [0, 0.05) is 7.11 Å². The van der Waals surface area contributed by atoms with E-state index in [-0.39, 0.29) is 17.9 Å². The van der Waals surface area contributed by atoms with Gasteiger partial charge < -0.3 is 9.47 Å². The summed E-state index contributed by atoms with van der Waals surface area (Å²) in [5.41, 5.74) is -0.954. The Kier molecular flexibility index (Phi) is 4.85. The normalized spacial score (nSPS) is 12.6. The van der Waals surface area contributed by atoms with Gasteiger partial charge in [0.05, 0.1) is 12.2 Å². The monoisotopic (exact) mass is 276 g/mol. The van der Waals surface area contributed by atoms with Crippen molar-refractivity contribution in [2.24, 2.45) is 0 Å². The maximum absolute atomic E-state index is 13.1. The Balaban J connectivity index is 3.10. The third-order valence-electron chi connectivity index (χ3n) is 2.66. The summed E-state index contributed by atoms with van der Waals surface area (Å²) in [5.74, 6) is 0.206. The topological polar surface area (TPSA) is 18.5 Å². The quantitative estimate of drug-likeness (QED) is 0.773. The molecule has 0 aliphatic carbocycles. The highest BCUT2D eigenvalue weighted by atomic mass is 19.4. The Hall–Kier alpha value is -1.23. The number of halogens is 3. The first-order valence-electron chi connectivity index (χ1n) is 5.99. The average molecular weight is 276 g/mol. The van der Waals surface area contributed by atoms with Gasteiger partial charge in [-0.05, 0) is 23.1 Å². The van der Waals surface area contributed by atoms with Crippen LogP contribution < -0.4 is 4.74 Å². The molecule has 0 heterocycles. The first-order valence-corrected chi connectivity index (χ1v) is 5.99. The number of ether oxygens (including phenoxy) is 2. The fraction of sp³-hybridized carbons (Fsp3) is 0.571. The molecule has 0 spiro atoms. The van der Waals surface area contributed by atoms with Gasteiger partial charge in [0.15, 0.2) is 0 Å². The van der Waals surface area contributed by atoms with Crippen molar-refractivity contribution in [2.45, 2.75) is 32.4 Å². The third kappa shape index (κ3) is 4.42. The predicted octanol–water partition coefficient (Wildman–Crippen LogP) is 4.03. The fourth-order valence-electron chi connectivity index (χ4n) is 1.74. The average Bonchev–Trinajstić information content (AvgIpc) is 2.26. The molecule has 0 saturated heterocycles.